The summed E-state index contributed by atoms with van der Waals surface area (Å²) in [7, 11) is 0. The maximum Gasteiger partial charge on any atom is 0.431 e. The van der Waals surface area contributed by atoms with Gasteiger partial charge in [-0.25, -0.2) is 0 Å². The third kappa shape index (κ3) is 4.44. The summed E-state index contributed by atoms with van der Waals surface area (Å²) in [5.74, 6) is 0. The fraction of sp³-hybridized carbons (Fsp3) is 0.357. The second kappa shape index (κ2) is 6.91. The van der Waals surface area contributed by atoms with Crippen LogP contribution in [0, 0.1) is 0 Å². The Morgan fingerprint density at radius 1 is 1.19 bits per heavy atom. The van der Waals surface area contributed by atoms with Gasteiger partial charge in [-0.05, 0) is 41.4 Å². The van der Waals surface area contributed by atoms with E-state index in [4.69, 9.17) is 0 Å². The van der Waals surface area contributed by atoms with E-state index in [1.807, 2.05) is 16.8 Å². The fourth-order valence-corrected chi connectivity index (χ4v) is 2.69. The van der Waals surface area contributed by atoms with Crippen molar-refractivity contribution in [2.75, 3.05) is 13.1 Å². The first-order valence-electron chi connectivity index (χ1n) is 6.47. The van der Waals surface area contributed by atoms with E-state index in [1.54, 1.807) is 11.3 Å². The molecule has 0 saturated heterocycles. The van der Waals surface area contributed by atoms with E-state index in [1.165, 1.54) is 5.56 Å². The van der Waals surface area contributed by atoms with Crippen LogP contribution in [0.5, 0.6) is 0 Å². The molecule has 0 amide bonds. The largest absolute Gasteiger partial charge is 0.431 e. The van der Waals surface area contributed by atoms with E-state index in [0.29, 0.717) is 13.1 Å². The zero-order chi connectivity index (χ0) is 15.3. The number of nitrogens with zero attached hydrogens (tertiary/aromatic N) is 1. The zero-order valence-corrected chi connectivity index (χ0v) is 12.0. The van der Waals surface area contributed by atoms with Gasteiger partial charge in [-0.2, -0.15) is 24.5 Å². The molecule has 0 aliphatic rings. The predicted octanol–water partition coefficient (Wildman–Crippen LogP) is 2.76. The summed E-state index contributed by atoms with van der Waals surface area (Å²) in [6.45, 7) is 0.981. The van der Waals surface area contributed by atoms with Crippen LogP contribution in [0.2, 0.25) is 0 Å². The maximum absolute atomic E-state index is 12.8. The van der Waals surface area contributed by atoms with Gasteiger partial charge in [-0.1, -0.05) is 6.07 Å². The molecule has 7 heteroatoms. The van der Waals surface area contributed by atoms with Gasteiger partial charge >= 0.3 is 6.18 Å². The Morgan fingerprint density at radius 3 is 2.67 bits per heavy atom. The van der Waals surface area contributed by atoms with Gasteiger partial charge in [0, 0.05) is 19.2 Å². The molecule has 0 radical (unpaired) electrons. The first-order valence-corrected chi connectivity index (χ1v) is 7.41. The molecule has 2 rings (SSSR count). The second-order valence-electron chi connectivity index (χ2n) is 4.53. The number of halogens is 3. The fourth-order valence-electron chi connectivity index (χ4n) is 1.98. The van der Waals surface area contributed by atoms with Crippen molar-refractivity contribution in [1.29, 1.82) is 0 Å². The Kier molecular flexibility index (Phi) is 5.19. The molecular formula is C14H15F3N2OS. The van der Waals surface area contributed by atoms with E-state index in [2.05, 4.69) is 5.32 Å². The van der Waals surface area contributed by atoms with Crippen LogP contribution >= 0.6 is 11.3 Å². The summed E-state index contributed by atoms with van der Waals surface area (Å²) in [4.78, 5) is 11.6. The van der Waals surface area contributed by atoms with Crippen LogP contribution in [0.25, 0.3) is 0 Å². The highest BCUT2D eigenvalue weighted by Crippen LogP contribution is 2.27. The molecule has 1 N–H and O–H groups in total. The van der Waals surface area contributed by atoms with Gasteiger partial charge in [-0.15, -0.1) is 0 Å². The summed E-state index contributed by atoms with van der Waals surface area (Å²) in [5, 5.41) is 7.07. The molecule has 0 aliphatic heterocycles. The quantitative estimate of drug-likeness (QED) is 0.832. The van der Waals surface area contributed by atoms with Crippen LogP contribution in [0.1, 0.15) is 11.3 Å². The molecule has 2 aromatic heterocycles. The highest BCUT2D eigenvalue weighted by atomic mass is 32.1. The van der Waals surface area contributed by atoms with Crippen molar-refractivity contribution in [3.05, 3.63) is 56.6 Å². The summed E-state index contributed by atoms with van der Waals surface area (Å²) >= 11 is 1.61. The topological polar surface area (TPSA) is 34.0 Å². The monoisotopic (exact) mass is 316 g/mol. The van der Waals surface area contributed by atoms with Crippen molar-refractivity contribution in [3.63, 3.8) is 0 Å². The number of thiophene rings is 1. The van der Waals surface area contributed by atoms with Crippen molar-refractivity contribution in [3.8, 4) is 0 Å². The molecule has 0 aliphatic carbocycles. The van der Waals surface area contributed by atoms with Crippen LogP contribution in [-0.2, 0) is 19.1 Å². The van der Waals surface area contributed by atoms with Gasteiger partial charge in [0.15, 0.2) is 0 Å². The van der Waals surface area contributed by atoms with Gasteiger partial charge in [0.2, 0.25) is 0 Å². The lowest BCUT2D eigenvalue weighted by atomic mass is 10.2. The molecule has 2 aromatic rings. The standard InChI is InChI=1S/C14H15F3N2OS/c15-14(16,17)12-2-1-3-13(20)19(12)8-7-18-6-4-11-5-9-21-10-11/h1-3,5,9-10,18H,4,6-8H2. The molecule has 0 atom stereocenters. The van der Waals surface area contributed by atoms with Crippen molar-refractivity contribution < 1.29 is 13.2 Å². The van der Waals surface area contributed by atoms with Gasteiger partial charge < -0.3 is 9.88 Å². The van der Waals surface area contributed by atoms with Gasteiger partial charge in [-0.3, -0.25) is 4.79 Å². The Morgan fingerprint density at radius 2 is 2.00 bits per heavy atom. The molecule has 2 heterocycles. The predicted molar refractivity (Wildman–Crippen MR) is 76.6 cm³/mol. The van der Waals surface area contributed by atoms with Gasteiger partial charge in [0.25, 0.3) is 5.56 Å². The number of aromatic nitrogens is 1. The Balaban J connectivity index is 1.89. The third-order valence-corrected chi connectivity index (χ3v) is 3.75. The van der Waals surface area contributed by atoms with E-state index >= 15 is 0 Å². The molecular weight excluding hydrogens is 301 g/mol. The highest BCUT2D eigenvalue weighted by Gasteiger charge is 2.33. The number of alkyl halides is 3. The summed E-state index contributed by atoms with van der Waals surface area (Å²) in [6.07, 6.45) is -3.70. The van der Waals surface area contributed by atoms with E-state index in [9.17, 15) is 18.0 Å². The lowest BCUT2D eigenvalue weighted by Gasteiger charge is -2.15. The minimum Gasteiger partial charge on any atom is -0.315 e. The van der Waals surface area contributed by atoms with Crippen LogP contribution in [-0.4, -0.2) is 17.7 Å². The highest BCUT2D eigenvalue weighted by molar-refractivity contribution is 7.07. The van der Waals surface area contributed by atoms with Crippen molar-refractivity contribution in [2.45, 2.75) is 19.1 Å². The number of nitrogens with one attached hydrogen (secondary N) is 1. The molecule has 0 saturated carbocycles. The molecule has 0 unspecified atom stereocenters. The number of hydrogen-bond acceptors (Lipinski definition) is 3. The first-order chi connectivity index (χ1) is 9.98. The first kappa shape index (κ1) is 15.8. The normalized spacial score (nSPS) is 11.8. The van der Waals surface area contributed by atoms with Crippen molar-refractivity contribution in [2.24, 2.45) is 0 Å². The van der Waals surface area contributed by atoms with Crippen LogP contribution in [0.15, 0.2) is 39.8 Å². The number of pyridine rings is 1. The molecule has 0 fully saturated rings. The summed E-state index contributed by atoms with van der Waals surface area (Å²) < 4.78 is 39.2. The average molecular weight is 316 g/mol. The number of rotatable bonds is 6. The SMILES string of the molecule is O=c1cccc(C(F)(F)F)n1CCNCCc1ccsc1. The lowest BCUT2D eigenvalue weighted by molar-refractivity contribution is -0.144. The molecule has 0 spiro atoms. The van der Waals surface area contributed by atoms with Crippen LogP contribution in [0.4, 0.5) is 13.2 Å². The average Bonchev–Trinajstić information content (AvgIpc) is 2.92. The lowest BCUT2D eigenvalue weighted by Crippen LogP contribution is -2.32. The van der Waals surface area contributed by atoms with Crippen LogP contribution in [0.3, 0.4) is 0 Å². The third-order valence-electron chi connectivity index (χ3n) is 3.02. The number of hydrogen-bond donors (Lipinski definition) is 1. The second-order valence-corrected chi connectivity index (χ2v) is 5.31. The summed E-state index contributed by atoms with van der Waals surface area (Å²) in [6, 6.07) is 5.20. The van der Waals surface area contributed by atoms with E-state index < -0.39 is 17.4 Å². The van der Waals surface area contributed by atoms with Crippen LogP contribution < -0.4 is 10.9 Å². The summed E-state index contributed by atoms with van der Waals surface area (Å²) in [5.41, 5.74) is -0.348. The minimum absolute atomic E-state index is 0.00183. The minimum atomic E-state index is -4.52. The van der Waals surface area contributed by atoms with E-state index in [0.717, 1.165) is 29.2 Å². The van der Waals surface area contributed by atoms with E-state index in [-0.39, 0.29) is 6.54 Å². The molecule has 114 valence electrons. The van der Waals surface area contributed by atoms with Crippen molar-refractivity contribution >= 4 is 11.3 Å². The Bertz CT molecular complexity index is 620. The molecule has 0 aromatic carbocycles. The molecule has 0 bridgehead atoms. The Hall–Kier alpha value is -1.60. The van der Waals surface area contributed by atoms with Gasteiger partial charge in [0.1, 0.15) is 5.69 Å². The molecule has 21 heavy (non-hydrogen) atoms. The maximum atomic E-state index is 12.8. The van der Waals surface area contributed by atoms with Gasteiger partial charge in [0.05, 0.1) is 0 Å². The zero-order valence-electron chi connectivity index (χ0n) is 11.2. The molecule has 3 nitrogen and oxygen atoms in total. The Labute approximate surface area is 124 Å². The van der Waals surface area contributed by atoms with Crippen molar-refractivity contribution in [1.82, 2.24) is 9.88 Å². The smallest absolute Gasteiger partial charge is 0.315 e.